The number of hydrogen-bond donors (Lipinski definition) is 1. The molecule has 1 saturated heterocycles. The van der Waals surface area contributed by atoms with E-state index in [0.717, 1.165) is 6.07 Å². The number of carboxylic acid groups (broad SMARTS) is 1. The van der Waals surface area contributed by atoms with Gasteiger partial charge in [-0.3, -0.25) is 0 Å². The Kier molecular flexibility index (Phi) is 3.71. The number of aromatic nitrogens is 1. The van der Waals surface area contributed by atoms with Crippen molar-refractivity contribution in [2.45, 2.75) is 12.1 Å². The maximum Gasteiger partial charge on any atom is 0.416 e. The lowest BCUT2D eigenvalue weighted by atomic mass is 9.90. The molecular formula is C16H13F3N2O2. The molecule has 2 aromatic rings. The van der Waals surface area contributed by atoms with Crippen molar-refractivity contribution in [3.05, 3.63) is 59.3 Å². The fraction of sp³-hybridized carbons (Fsp3) is 0.250. The number of alkyl halides is 3. The van der Waals surface area contributed by atoms with E-state index in [-0.39, 0.29) is 11.6 Å². The van der Waals surface area contributed by atoms with Gasteiger partial charge in [0, 0.05) is 19.0 Å². The van der Waals surface area contributed by atoms with Gasteiger partial charge >= 0.3 is 12.1 Å². The summed E-state index contributed by atoms with van der Waals surface area (Å²) in [4.78, 5) is 16.8. The van der Waals surface area contributed by atoms with Crippen LogP contribution in [0, 0.1) is 0 Å². The van der Waals surface area contributed by atoms with Crippen molar-refractivity contribution in [3.8, 4) is 0 Å². The minimum Gasteiger partial charge on any atom is -0.477 e. The van der Waals surface area contributed by atoms with Crippen LogP contribution in [0.15, 0.2) is 42.5 Å². The number of nitrogens with zero attached hydrogens (tertiary/aromatic N) is 2. The zero-order valence-electron chi connectivity index (χ0n) is 11.9. The lowest BCUT2D eigenvalue weighted by molar-refractivity contribution is -0.137. The van der Waals surface area contributed by atoms with Crippen molar-refractivity contribution < 1.29 is 23.1 Å². The second-order valence-corrected chi connectivity index (χ2v) is 5.41. The Balaban J connectivity index is 1.72. The Morgan fingerprint density at radius 3 is 2.52 bits per heavy atom. The minimum absolute atomic E-state index is 0.0208. The van der Waals surface area contributed by atoms with Crippen LogP contribution in [0.1, 0.15) is 27.5 Å². The normalized spacial score (nSPS) is 15.3. The van der Waals surface area contributed by atoms with Gasteiger partial charge in [0.1, 0.15) is 5.82 Å². The van der Waals surface area contributed by atoms with Crippen molar-refractivity contribution in [1.82, 2.24) is 4.98 Å². The van der Waals surface area contributed by atoms with Crippen molar-refractivity contribution >= 4 is 11.8 Å². The van der Waals surface area contributed by atoms with E-state index in [9.17, 15) is 18.0 Å². The van der Waals surface area contributed by atoms with E-state index in [1.54, 1.807) is 18.2 Å². The van der Waals surface area contributed by atoms with E-state index in [2.05, 4.69) is 4.98 Å². The van der Waals surface area contributed by atoms with Gasteiger partial charge in [-0.2, -0.15) is 13.2 Å². The molecule has 2 heterocycles. The van der Waals surface area contributed by atoms with Crippen molar-refractivity contribution in [2.24, 2.45) is 0 Å². The van der Waals surface area contributed by atoms with Crippen molar-refractivity contribution in [2.75, 3.05) is 18.0 Å². The van der Waals surface area contributed by atoms with Gasteiger partial charge in [-0.25, -0.2) is 9.78 Å². The first-order valence-electron chi connectivity index (χ1n) is 6.97. The maximum atomic E-state index is 12.7. The highest BCUT2D eigenvalue weighted by Crippen LogP contribution is 2.35. The average molecular weight is 322 g/mol. The molecule has 0 aliphatic carbocycles. The summed E-state index contributed by atoms with van der Waals surface area (Å²) >= 11 is 0. The third kappa shape index (κ3) is 3.13. The standard InChI is InChI=1S/C16H13F3N2O2/c17-16(18,19)12-4-1-3-10(7-12)11-8-21(9-11)14-6-2-5-13(20-14)15(22)23/h1-7,11H,8-9H2,(H,22,23). The van der Waals surface area contributed by atoms with Crippen molar-refractivity contribution in [3.63, 3.8) is 0 Å². The number of hydrogen-bond acceptors (Lipinski definition) is 3. The molecule has 1 aromatic heterocycles. The molecule has 0 radical (unpaired) electrons. The monoisotopic (exact) mass is 322 g/mol. The summed E-state index contributed by atoms with van der Waals surface area (Å²) in [6.07, 6.45) is -4.35. The molecule has 1 aromatic carbocycles. The van der Waals surface area contributed by atoms with Gasteiger partial charge in [0.25, 0.3) is 0 Å². The molecule has 4 nitrogen and oxygen atoms in total. The third-order valence-corrected chi connectivity index (χ3v) is 3.84. The molecule has 1 fully saturated rings. The first kappa shape index (κ1) is 15.3. The Hall–Kier alpha value is -2.57. The Morgan fingerprint density at radius 1 is 1.17 bits per heavy atom. The van der Waals surface area contributed by atoms with Gasteiger partial charge in [0.05, 0.1) is 5.56 Å². The van der Waals surface area contributed by atoms with E-state index in [1.165, 1.54) is 18.2 Å². The van der Waals surface area contributed by atoms with Crippen LogP contribution in [0.5, 0.6) is 0 Å². The van der Waals surface area contributed by atoms with Crippen LogP contribution in [0.4, 0.5) is 19.0 Å². The molecule has 0 unspecified atom stereocenters. The SMILES string of the molecule is O=C(O)c1cccc(N2CC(c3cccc(C(F)(F)F)c3)C2)n1. The number of halogens is 3. The predicted octanol–water partition coefficient (Wildman–Crippen LogP) is 3.40. The van der Waals surface area contributed by atoms with Crippen LogP contribution >= 0.6 is 0 Å². The first-order chi connectivity index (χ1) is 10.8. The quantitative estimate of drug-likeness (QED) is 0.941. The molecule has 0 saturated carbocycles. The summed E-state index contributed by atoms with van der Waals surface area (Å²) in [7, 11) is 0. The highest BCUT2D eigenvalue weighted by molar-refractivity contribution is 5.85. The molecule has 3 rings (SSSR count). The fourth-order valence-electron chi connectivity index (χ4n) is 2.56. The molecule has 0 bridgehead atoms. The number of anilines is 1. The highest BCUT2D eigenvalue weighted by Gasteiger charge is 2.33. The maximum absolute atomic E-state index is 12.7. The molecule has 0 atom stereocenters. The molecule has 0 amide bonds. The fourth-order valence-corrected chi connectivity index (χ4v) is 2.56. The van der Waals surface area contributed by atoms with Crippen molar-refractivity contribution in [1.29, 1.82) is 0 Å². The Labute approximate surface area is 130 Å². The third-order valence-electron chi connectivity index (χ3n) is 3.84. The molecule has 23 heavy (non-hydrogen) atoms. The molecule has 1 aliphatic rings. The van der Waals surface area contributed by atoms with E-state index >= 15 is 0 Å². The summed E-state index contributed by atoms with van der Waals surface area (Å²) in [5.41, 5.74) is -0.0741. The largest absolute Gasteiger partial charge is 0.477 e. The molecular weight excluding hydrogens is 309 g/mol. The summed E-state index contributed by atoms with van der Waals surface area (Å²) < 4.78 is 38.2. The van der Waals surface area contributed by atoms with E-state index in [0.29, 0.717) is 24.5 Å². The number of carboxylic acids is 1. The van der Waals surface area contributed by atoms with E-state index in [1.807, 2.05) is 4.90 Å². The topological polar surface area (TPSA) is 53.4 Å². The van der Waals surface area contributed by atoms with Crippen LogP contribution < -0.4 is 4.90 Å². The summed E-state index contributed by atoms with van der Waals surface area (Å²) in [5.74, 6) is -0.609. The van der Waals surface area contributed by atoms with Gasteiger partial charge in [-0.15, -0.1) is 0 Å². The van der Waals surface area contributed by atoms with Crippen LogP contribution in [0.25, 0.3) is 0 Å². The number of rotatable bonds is 3. The lowest BCUT2D eigenvalue weighted by Gasteiger charge is -2.40. The molecule has 1 aliphatic heterocycles. The minimum atomic E-state index is -4.35. The molecule has 0 spiro atoms. The van der Waals surface area contributed by atoms with Gasteiger partial charge in [-0.1, -0.05) is 24.3 Å². The average Bonchev–Trinajstić information content (AvgIpc) is 2.45. The number of aromatic carboxylic acids is 1. The highest BCUT2D eigenvalue weighted by atomic mass is 19.4. The second-order valence-electron chi connectivity index (χ2n) is 5.41. The number of carbonyl (C=O) groups is 1. The number of pyridine rings is 1. The summed E-state index contributed by atoms with van der Waals surface area (Å²) in [5, 5.41) is 8.93. The zero-order chi connectivity index (χ0) is 16.6. The van der Waals surface area contributed by atoms with Crippen LogP contribution in [-0.2, 0) is 6.18 Å². The van der Waals surface area contributed by atoms with Gasteiger partial charge < -0.3 is 10.0 Å². The van der Waals surface area contributed by atoms with E-state index in [4.69, 9.17) is 5.11 Å². The van der Waals surface area contributed by atoms with Gasteiger partial charge in [0.2, 0.25) is 0 Å². The van der Waals surface area contributed by atoms with Gasteiger partial charge in [-0.05, 0) is 23.8 Å². The van der Waals surface area contributed by atoms with Crippen LogP contribution in [-0.4, -0.2) is 29.1 Å². The molecule has 1 N–H and O–H groups in total. The molecule has 7 heteroatoms. The van der Waals surface area contributed by atoms with E-state index < -0.39 is 17.7 Å². The first-order valence-corrected chi connectivity index (χ1v) is 6.97. The zero-order valence-corrected chi connectivity index (χ0v) is 11.9. The smallest absolute Gasteiger partial charge is 0.416 e. The lowest BCUT2D eigenvalue weighted by Crippen LogP contribution is -2.45. The summed E-state index contributed by atoms with van der Waals surface area (Å²) in [6, 6.07) is 10.00. The predicted molar refractivity (Wildman–Crippen MR) is 77.6 cm³/mol. The second kappa shape index (κ2) is 5.57. The van der Waals surface area contributed by atoms with Crippen LogP contribution in [0.2, 0.25) is 0 Å². The van der Waals surface area contributed by atoms with Crippen LogP contribution in [0.3, 0.4) is 0 Å². The number of benzene rings is 1. The molecule has 120 valence electrons. The Morgan fingerprint density at radius 2 is 1.87 bits per heavy atom. The summed E-state index contributed by atoms with van der Waals surface area (Å²) in [6.45, 7) is 1.02. The van der Waals surface area contributed by atoms with Gasteiger partial charge in [0.15, 0.2) is 5.69 Å². The Bertz CT molecular complexity index is 740.